The molecule has 1 unspecified atom stereocenters. The fourth-order valence-electron chi connectivity index (χ4n) is 2.27. The van der Waals surface area contributed by atoms with Crippen molar-refractivity contribution >= 4 is 11.8 Å². The van der Waals surface area contributed by atoms with Crippen LogP contribution in [0.5, 0.6) is 0 Å². The molecule has 4 nitrogen and oxygen atoms in total. The van der Waals surface area contributed by atoms with Gasteiger partial charge in [-0.25, -0.2) is 0 Å². The van der Waals surface area contributed by atoms with E-state index in [0.717, 1.165) is 50.5 Å². The summed E-state index contributed by atoms with van der Waals surface area (Å²) in [7, 11) is 0. The highest BCUT2D eigenvalue weighted by molar-refractivity contribution is 5.98. The molecule has 0 saturated heterocycles. The number of unbranched alkanes of at least 4 members (excludes halogenated alkanes) is 4. The zero-order chi connectivity index (χ0) is 14.8. The molecule has 1 N–H and O–H groups in total. The summed E-state index contributed by atoms with van der Waals surface area (Å²) in [5.41, 5.74) is 0.775. The molecule has 1 rings (SSSR count). The van der Waals surface area contributed by atoms with E-state index in [9.17, 15) is 14.7 Å². The first-order chi connectivity index (χ1) is 9.63. The number of ketones is 1. The zero-order valence-electron chi connectivity index (χ0n) is 12.4. The predicted molar refractivity (Wildman–Crippen MR) is 77.3 cm³/mol. The second kappa shape index (κ2) is 9.70. The number of esters is 1. The lowest BCUT2D eigenvalue weighted by Gasteiger charge is -2.04. The molecule has 0 radical (unpaired) electrons. The van der Waals surface area contributed by atoms with Gasteiger partial charge in [0.2, 0.25) is 0 Å². The third kappa shape index (κ3) is 6.85. The quantitative estimate of drug-likeness (QED) is 0.494. The maximum atomic E-state index is 11.4. The van der Waals surface area contributed by atoms with Crippen LogP contribution in [-0.2, 0) is 14.3 Å². The van der Waals surface area contributed by atoms with Crippen LogP contribution in [0.4, 0.5) is 0 Å². The number of aliphatic hydroxyl groups is 1. The van der Waals surface area contributed by atoms with Gasteiger partial charge in [-0.15, -0.1) is 0 Å². The summed E-state index contributed by atoms with van der Waals surface area (Å²) in [6.45, 7) is 2.60. The fourth-order valence-corrected chi connectivity index (χ4v) is 2.27. The summed E-state index contributed by atoms with van der Waals surface area (Å²) >= 11 is 0. The highest BCUT2D eigenvalue weighted by atomic mass is 16.5. The summed E-state index contributed by atoms with van der Waals surface area (Å²) in [5.74, 6) is -0.0211. The molecular weight excluding hydrogens is 256 g/mol. The van der Waals surface area contributed by atoms with Crippen LogP contribution in [0.3, 0.4) is 0 Å². The van der Waals surface area contributed by atoms with Crippen molar-refractivity contribution in [1.82, 2.24) is 0 Å². The lowest BCUT2D eigenvalue weighted by Crippen LogP contribution is -2.05. The van der Waals surface area contributed by atoms with Gasteiger partial charge in [0, 0.05) is 12.8 Å². The Kier molecular flexibility index (Phi) is 8.19. The van der Waals surface area contributed by atoms with Crippen LogP contribution in [0.25, 0.3) is 0 Å². The number of hydrogen-bond donors (Lipinski definition) is 1. The zero-order valence-corrected chi connectivity index (χ0v) is 12.4. The molecule has 20 heavy (non-hydrogen) atoms. The molecule has 114 valence electrons. The van der Waals surface area contributed by atoms with Crippen molar-refractivity contribution < 1.29 is 19.4 Å². The van der Waals surface area contributed by atoms with E-state index in [-0.39, 0.29) is 18.2 Å². The highest BCUT2D eigenvalue weighted by Crippen LogP contribution is 2.20. The van der Waals surface area contributed by atoms with Crippen molar-refractivity contribution in [3.8, 4) is 0 Å². The Morgan fingerprint density at radius 1 is 1.30 bits per heavy atom. The Labute approximate surface area is 121 Å². The Morgan fingerprint density at radius 3 is 2.70 bits per heavy atom. The Morgan fingerprint density at radius 2 is 2.05 bits per heavy atom. The van der Waals surface area contributed by atoms with Crippen LogP contribution >= 0.6 is 0 Å². The van der Waals surface area contributed by atoms with E-state index in [4.69, 9.17) is 4.74 Å². The SMILES string of the molecule is CCCCOC(=O)CCCCCCC1=CC(O)CC1=O. The Balaban J connectivity index is 1.96. The molecular formula is C16H26O4. The van der Waals surface area contributed by atoms with Gasteiger partial charge in [0.1, 0.15) is 0 Å². The second-order valence-corrected chi connectivity index (χ2v) is 5.37. The Hall–Kier alpha value is -1.16. The van der Waals surface area contributed by atoms with E-state index in [2.05, 4.69) is 6.92 Å². The first kappa shape index (κ1) is 16.9. The number of rotatable bonds is 10. The van der Waals surface area contributed by atoms with Gasteiger partial charge in [-0.1, -0.05) is 26.2 Å². The summed E-state index contributed by atoms with van der Waals surface area (Å²) in [4.78, 5) is 22.8. The monoisotopic (exact) mass is 282 g/mol. The fraction of sp³-hybridized carbons (Fsp3) is 0.750. The van der Waals surface area contributed by atoms with Crippen LogP contribution in [0.2, 0.25) is 0 Å². The number of Topliss-reactive ketones (excluding diaryl/α,β-unsaturated/α-hetero) is 1. The van der Waals surface area contributed by atoms with E-state index >= 15 is 0 Å². The summed E-state index contributed by atoms with van der Waals surface area (Å²) in [5, 5.41) is 9.31. The Bertz CT molecular complexity index is 346. The molecule has 0 aliphatic heterocycles. The molecule has 0 saturated carbocycles. The normalized spacial score (nSPS) is 18.2. The van der Waals surface area contributed by atoms with Crippen molar-refractivity contribution in [3.05, 3.63) is 11.6 Å². The predicted octanol–water partition coefficient (Wildman–Crippen LogP) is 2.93. The summed E-state index contributed by atoms with van der Waals surface area (Å²) < 4.78 is 5.08. The van der Waals surface area contributed by atoms with Crippen LogP contribution in [0.15, 0.2) is 11.6 Å². The maximum absolute atomic E-state index is 11.4. The molecule has 0 bridgehead atoms. The summed E-state index contributed by atoms with van der Waals surface area (Å²) in [6.07, 6.45) is 8.33. The van der Waals surface area contributed by atoms with E-state index in [1.54, 1.807) is 6.08 Å². The molecule has 1 atom stereocenters. The lowest BCUT2D eigenvalue weighted by atomic mass is 10.0. The van der Waals surface area contributed by atoms with Crippen LogP contribution in [0, 0.1) is 0 Å². The number of aliphatic hydroxyl groups excluding tert-OH is 1. The average molecular weight is 282 g/mol. The topological polar surface area (TPSA) is 63.6 Å². The first-order valence-electron chi connectivity index (χ1n) is 7.71. The van der Waals surface area contributed by atoms with Crippen molar-refractivity contribution in [3.63, 3.8) is 0 Å². The number of hydrogen-bond acceptors (Lipinski definition) is 4. The van der Waals surface area contributed by atoms with Gasteiger partial charge in [-0.2, -0.15) is 0 Å². The minimum atomic E-state index is -0.574. The van der Waals surface area contributed by atoms with Crippen molar-refractivity contribution in [2.45, 2.75) is 70.8 Å². The molecule has 4 heteroatoms. The number of ether oxygens (including phenoxy) is 1. The third-order valence-corrected chi connectivity index (χ3v) is 3.48. The minimum Gasteiger partial charge on any atom is -0.466 e. The van der Waals surface area contributed by atoms with Crippen LogP contribution < -0.4 is 0 Å². The molecule has 0 aromatic carbocycles. The van der Waals surface area contributed by atoms with Gasteiger partial charge in [0.05, 0.1) is 12.7 Å². The molecule has 1 aliphatic carbocycles. The van der Waals surface area contributed by atoms with Gasteiger partial charge in [-0.05, 0) is 37.3 Å². The molecule has 0 fully saturated rings. The van der Waals surface area contributed by atoms with Crippen molar-refractivity contribution in [1.29, 1.82) is 0 Å². The van der Waals surface area contributed by atoms with E-state index in [1.165, 1.54) is 0 Å². The molecule has 0 amide bonds. The molecule has 0 heterocycles. The van der Waals surface area contributed by atoms with Crippen molar-refractivity contribution in [2.75, 3.05) is 6.61 Å². The number of allylic oxidation sites excluding steroid dienone is 1. The first-order valence-corrected chi connectivity index (χ1v) is 7.71. The smallest absolute Gasteiger partial charge is 0.305 e. The van der Waals surface area contributed by atoms with Gasteiger partial charge in [0.25, 0.3) is 0 Å². The van der Waals surface area contributed by atoms with E-state index in [1.807, 2.05) is 0 Å². The number of carbonyl (C=O) groups is 2. The van der Waals surface area contributed by atoms with Gasteiger partial charge in [0.15, 0.2) is 5.78 Å². The van der Waals surface area contributed by atoms with Crippen molar-refractivity contribution in [2.24, 2.45) is 0 Å². The third-order valence-electron chi connectivity index (χ3n) is 3.48. The van der Waals surface area contributed by atoms with Gasteiger partial charge in [-0.3, -0.25) is 9.59 Å². The maximum Gasteiger partial charge on any atom is 0.305 e. The van der Waals surface area contributed by atoms with Gasteiger partial charge >= 0.3 is 5.97 Å². The minimum absolute atomic E-state index is 0.0806. The lowest BCUT2D eigenvalue weighted by molar-refractivity contribution is -0.143. The summed E-state index contributed by atoms with van der Waals surface area (Å²) in [6, 6.07) is 0. The number of carbonyl (C=O) groups excluding carboxylic acids is 2. The average Bonchev–Trinajstić information content (AvgIpc) is 2.72. The molecule has 0 spiro atoms. The molecule has 0 aromatic rings. The highest BCUT2D eigenvalue weighted by Gasteiger charge is 2.21. The second-order valence-electron chi connectivity index (χ2n) is 5.37. The molecule has 1 aliphatic rings. The van der Waals surface area contributed by atoms with E-state index < -0.39 is 6.10 Å². The molecule has 0 aromatic heterocycles. The van der Waals surface area contributed by atoms with Crippen LogP contribution in [0.1, 0.15) is 64.7 Å². The largest absolute Gasteiger partial charge is 0.466 e. The standard InChI is InChI=1S/C16H26O4/c1-2-3-10-20-16(19)9-7-5-4-6-8-13-11-14(17)12-15(13)18/h11,14,17H,2-10,12H2,1H3. The van der Waals surface area contributed by atoms with Crippen LogP contribution in [-0.4, -0.2) is 29.6 Å². The van der Waals surface area contributed by atoms with Gasteiger partial charge < -0.3 is 9.84 Å². The van der Waals surface area contributed by atoms with E-state index in [0.29, 0.717) is 13.0 Å².